The van der Waals surface area contributed by atoms with Gasteiger partial charge in [-0.15, -0.1) is 0 Å². The van der Waals surface area contributed by atoms with E-state index in [1.807, 2.05) is 12.1 Å². The first-order valence-corrected chi connectivity index (χ1v) is 7.09. The van der Waals surface area contributed by atoms with Gasteiger partial charge >= 0.3 is 0 Å². The molecule has 24 heavy (non-hydrogen) atoms. The lowest BCUT2D eigenvalue weighted by Crippen LogP contribution is -2.00. The summed E-state index contributed by atoms with van der Waals surface area (Å²) < 4.78 is 13.5. The fourth-order valence-electron chi connectivity index (χ4n) is 2.43. The van der Waals surface area contributed by atoms with E-state index in [1.165, 1.54) is 12.1 Å². The van der Waals surface area contributed by atoms with E-state index in [4.69, 9.17) is 11.0 Å². The number of hydrogen-bond acceptors (Lipinski definition) is 4. The van der Waals surface area contributed by atoms with Crippen molar-refractivity contribution in [2.75, 3.05) is 5.73 Å². The van der Waals surface area contributed by atoms with Crippen molar-refractivity contribution in [3.8, 4) is 34.5 Å². The molecule has 0 spiro atoms. The summed E-state index contributed by atoms with van der Waals surface area (Å²) in [6.07, 6.45) is 0. The second-order valence-corrected chi connectivity index (χ2v) is 5.13. The van der Waals surface area contributed by atoms with Crippen LogP contribution in [0, 0.1) is 28.5 Å². The molecule has 0 atom stereocenters. The third-order valence-electron chi connectivity index (χ3n) is 3.60. The number of halogens is 1. The Morgan fingerprint density at radius 1 is 0.917 bits per heavy atom. The zero-order valence-corrected chi connectivity index (χ0v) is 12.5. The zero-order valence-electron chi connectivity index (χ0n) is 12.5. The summed E-state index contributed by atoms with van der Waals surface area (Å²) in [5.74, 6) is -0.315. The van der Waals surface area contributed by atoms with Gasteiger partial charge < -0.3 is 5.73 Å². The van der Waals surface area contributed by atoms with E-state index in [9.17, 15) is 9.65 Å². The Morgan fingerprint density at radius 2 is 1.67 bits per heavy atom. The third-order valence-corrected chi connectivity index (χ3v) is 3.60. The van der Waals surface area contributed by atoms with Gasteiger partial charge in [-0.05, 0) is 35.9 Å². The van der Waals surface area contributed by atoms with E-state index in [2.05, 4.69) is 4.98 Å². The second-order valence-electron chi connectivity index (χ2n) is 5.13. The maximum absolute atomic E-state index is 13.5. The number of nitrogens with two attached hydrogens (primary N) is 1. The molecule has 3 rings (SSSR count). The molecule has 0 saturated heterocycles. The quantitative estimate of drug-likeness (QED) is 0.777. The number of nitriles is 2. The largest absolute Gasteiger partial charge is 0.383 e. The number of anilines is 1. The highest BCUT2D eigenvalue weighted by atomic mass is 19.1. The molecule has 0 aliphatic carbocycles. The van der Waals surface area contributed by atoms with E-state index in [0.717, 1.165) is 5.56 Å². The molecule has 2 aromatic carbocycles. The van der Waals surface area contributed by atoms with Gasteiger partial charge in [0.2, 0.25) is 0 Å². The first kappa shape index (κ1) is 15.2. The van der Waals surface area contributed by atoms with E-state index < -0.39 is 5.82 Å². The van der Waals surface area contributed by atoms with Gasteiger partial charge in [-0.1, -0.05) is 24.3 Å². The number of benzene rings is 2. The lowest BCUT2D eigenvalue weighted by atomic mass is 9.98. The Bertz CT molecular complexity index is 995. The van der Waals surface area contributed by atoms with Crippen LogP contribution in [0.4, 0.5) is 10.2 Å². The van der Waals surface area contributed by atoms with Gasteiger partial charge in [-0.2, -0.15) is 10.5 Å². The van der Waals surface area contributed by atoms with Crippen LogP contribution in [-0.2, 0) is 0 Å². The number of hydrogen-bond donors (Lipinski definition) is 1. The lowest BCUT2D eigenvalue weighted by Gasteiger charge is -2.10. The predicted molar refractivity (Wildman–Crippen MR) is 88.9 cm³/mol. The summed E-state index contributed by atoms with van der Waals surface area (Å²) in [5, 5.41) is 18.2. The number of nitrogen functional groups attached to an aromatic ring is 1. The second kappa shape index (κ2) is 6.20. The number of pyridine rings is 1. The molecule has 0 aliphatic heterocycles. The summed E-state index contributed by atoms with van der Waals surface area (Å²) in [5.41, 5.74) is 9.03. The molecule has 5 heteroatoms. The molecule has 0 bridgehead atoms. The zero-order chi connectivity index (χ0) is 17.1. The highest BCUT2D eigenvalue weighted by Gasteiger charge is 2.14. The Hall–Kier alpha value is -3.70. The summed E-state index contributed by atoms with van der Waals surface area (Å²) in [6.45, 7) is 0. The van der Waals surface area contributed by atoms with E-state index in [1.54, 1.807) is 42.5 Å². The molecule has 0 aliphatic rings. The van der Waals surface area contributed by atoms with Crippen LogP contribution >= 0.6 is 0 Å². The van der Waals surface area contributed by atoms with Crippen LogP contribution in [0.25, 0.3) is 22.4 Å². The molecule has 114 valence electrons. The van der Waals surface area contributed by atoms with Crippen LogP contribution in [0.1, 0.15) is 11.1 Å². The van der Waals surface area contributed by atoms with E-state index in [-0.39, 0.29) is 11.4 Å². The maximum Gasteiger partial charge on any atom is 0.142 e. The van der Waals surface area contributed by atoms with Crippen LogP contribution in [0.2, 0.25) is 0 Å². The minimum absolute atomic E-state index is 0.0821. The van der Waals surface area contributed by atoms with Crippen molar-refractivity contribution in [3.05, 3.63) is 71.5 Å². The van der Waals surface area contributed by atoms with Gasteiger partial charge in [0.15, 0.2) is 0 Å². The third kappa shape index (κ3) is 2.79. The number of rotatable bonds is 2. The van der Waals surface area contributed by atoms with Gasteiger partial charge in [0.1, 0.15) is 23.3 Å². The first-order chi connectivity index (χ1) is 11.6. The molecule has 0 unspecified atom stereocenters. The Balaban J connectivity index is 2.20. The van der Waals surface area contributed by atoms with Gasteiger partial charge in [0.05, 0.1) is 17.3 Å². The summed E-state index contributed by atoms with van der Waals surface area (Å²) in [6, 6.07) is 18.6. The van der Waals surface area contributed by atoms with E-state index in [0.29, 0.717) is 22.4 Å². The summed E-state index contributed by atoms with van der Waals surface area (Å²) in [4.78, 5) is 4.26. The molecule has 0 radical (unpaired) electrons. The lowest BCUT2D eigenvalue weighted by molar-refractivity contribution is 0.628. The minimum atomic E-state index is -0.397. The molecule has 3 aromatic rings. The first-order valence-electron chi connectivity index (χ1n) is 7.09. The fourth-order valence-corrected chi connectivity index (χ4v) is 2.43. The van der Waals surface area contributed by atoms with Gasteiger partial charge in [-0.3, -0.25) is 0 Å². The van der Waals surface area contributed by atoms with Crippen molar-refractivity contribution in [3.63, 3.8) is 0 Å². The van der Waals surface area contributed by atoms with Crippen LogP contribution in [0.15, 0.2) is 54.6 Å². The highest BCUT2D eigenvalue weighted by molar-refractivity contribution is 5.80. The molecule has 0 amide bonds. The van der Waals surface area contributed by atoms with Gasteiger partial charge in [-0.25, -0.2) is 9.37 Å². The average Bonchev–Trinajstić information content (AvgIpc) is 2.61. The Kier molecular flexibility index (Phi) is 3.93. The number of nitrogens with zero attached hydrogens (tertiary/aromatic N) is 3. The van der Waals surface area contributed by atoms with Crippen molar-refractivity contribution in [1.82, 2.24) is 4.98 Å². The minimum Gasteiger partial charge on any atom is -0.383 e. The van der Waals surface area contributed by atoms with Crippen LogP contribution in [0.3, 0.4) is 0 Å². The Labute approximate surface area is 138 Å². The fraction of sp³-hybridized carbons (Fsp3) is 0. The molecular formula is C19H11FN4. The molecule has 0 saturated carbocycles. The monoisotopic (exact) mass is 314 g/mol. The Morgan fingerprint density at radius 3 is 2.29 bits per heavy atom. The van der Waals surface area contributed by atoms with Crippen LogP contribution in [-0.4, -0.2) is 4.98 Å². The summed E-state index contributed by atoms with van der Waals surface area (Å²) >= 11 is 0. The standard InChI is InChI=1S/C19H11FN4/c20-15-3-1-2-14(8-15)16-9-18(24-19(23)17(16)11-22)13-6-4-12(10-21)5-7-13/h1-9H,(H2,23,24). The van der Waals surface area contributed by atoms with Crippen LogP contribution in [0.5, 0.6) is 0 Å². The predicted octanol–water partition coefficient (Wildman–Crippen LogP) is 3.88. The normalized spacial score (nSPS) is 9.96. The van der Waals surface area contributed by atoms with Crippen molar-refractivity contribution in [2.45, 2.75) is 0 Å². The van der Waals surface area contributed by atoms with Crippen LogP contribution < -0.4 is 5.73 Å². The van der Waals surface area contributed by atoms with Crippen molar-refractivity contribution >= 4 is 5.82 Å². The van der Waals surface area contributed by atoms with E-state index >= 15 is 0 Å². The topological polar surface area (TPSA) is 86.5 Å². The highest BCUT2D eigenvalue weighted by Crippen LogP contribution is 2.31. The molecule has 4 nitrogen and oxygen atoms in total. The molecule has 1 heterocycles. The molecule has 1 aromatic heterocycles. The maximum atomic E-state index is 13.5. The van der Waals surface area contributed by atoms with Crippen molar-refractivity contribution in [2.24, 2.45) is 0 Å². The van der Waals surface area contributed by atoms with Gasteiger partial charge in [0.25, 0.3) is 0 Å². The van der Waals surface area contributed by atoms with Crippen molar-refractivity contribution < 1.29 is 4.39 Å². The average molecular weight is 314 g/mol. The smallest absolute Gasteiger partial charge is 0.142 e. The molecular weight excluding hydrogens is 303 g/mol. The van der Waals surface area contributed by atoms with Gasteiger partial charge in [0, 0.05) is 11.1 Å². The van der Waals surface area contributed by atoms with Crippen molar-refractivity contribution in [1.29, 1.82) is 10.5 Å². The molecule has 2 N–H and O–H groups in total. The summed E-state index contributed by atoms with van der Waals surface area (Å²) in [7, 11) is 0. The SMILES string of the molecule is N#Cc1ccc(-c2cc(-c3cccc(F)c3)c(C#N)c(N)n2)cc1. The molecule has 0 fully saturated rings. The number of aromatic nitrogens is 1.